The van der Waals surface area contributed by atoms with E-state index in [0.717, 1.165) is 34.3 Å². The van der Waals surface area contributed by atoms with Crippen LogP contribution in [-0.2, 0) is 10.0 Å². The maximum atomic E-state index is 12.7. The van der Waals surface area contributed by atoms with Gasteiger partial charge in [-0.05, 0) is 54.1 Å². The van der Waals surface area contributed by atoms with E-state index in [1.807, 2.05) is 6.92 Å². The van der Waals surface area contributed by atoms with Crippen molar-refractivity contribution in [3.05, 3.63) is 14.7 Å². The Morgan fingerprint density at radius 2 is 2.16 bits per heavy atom. The van der Waals surface area contributed by atoms with E-state index < -0.39 is 10.0 Å². The van der Waals surface area contributed by atoms with E-state index in [1.165, 1.54) is 11.3 Å². The summed E-state index contributed by atoms with van der Waals surface area (Å²) in [5, 5.41) is 0. The fourth-order valence-electron chi connectivity index (χ4n) is 2.61. The number of aryl methyl sites for hydroxylation is 1. The van der Waals surface area contributed by atoms with Crippen molar-refractivity contribution in [2.45, 2.75) is 44.4 Å². The normalized spacial score (nSPS) is 22.4. The number of nitrogens with zero attached hydrogens (tertiary/aromatic N) is 1. The van der Waals surface area contributed by atoms with Crippen molar-refractivity contribution in [1.82, 2.24) is 4.31 Å². The molecule has 108 valence electrons. The minimum atomic E-state index is -3.31. The fourth-order valence-corrected chi connectivity index (χ4v) is 6.49. The van der Waals surface area contributed by atoms with Crippen LogP contribution < -0.4 is 0 Å². The lowest BCUT2D eigenvalue weighted by atomic mass is 9.98. The average molecular weight is 366 g/mol. The van der Waals surface area contributed by atoms with Crippen molar-refractivity contribution in [2.24, 2.45) is 5.92 Å². The van der Waals surface area contributed by atoms with Crippen LogP contribution >= 0.6 is 27.3 Å². The number of rotatable bonds is 3. The molecule has 3 nitrogen and oxygen atoms in total. The van der Waals surface area contributed by atoms with Gasteiger partial charge in [-0.15, -0.1) is 11.3 Å². The molecule has 0 N–H and O–H groups in total. The first-order valence-corrected chi connectivity index (χ1v) is 9.76. The minimum absolute atomic E-state index is 0.472. The second-order valence-electron chi connectivity index (χ2n) is 5.08. The van der Waals surface area contributed by atoms with Gasteiger partial charge in [-0.1, -0.05) is 13.3 Å². The van der Waals surface area contributed by atoms with Crippen LogP contribution in [0.1, 0.15) is 37.5 Å². The Kier molecular flexibility index (Phi) is 5.09. The molecule has 19 heavy (non-hydrogen) atoms. The monoisotopic (exact) mass is 365 g/mol. The summed E-state index contributed by atoms with van der Waals surface area (Å²) in [4.78, 5) is 1.34. The lowest BCUT2D eigenvalue weighted by Crippen LogP contribution is -2.32. The van der Waals surface area contributed by atoms with Crippen LogP contribution in [0.4, 0.5) is 0 Å². The van der Waals surface area contributed by atoms with Crippen molar-refractivity contribution in [1.29, 1.82) is 0 Å². The molecule has 0 aliphatic carbocycles. The Labute approximate surface area is 128 Å². The second-order valence-corrected chi connectivity index (χ2v) is 9.62. The third-order valence-corrected chi connectivity index (χ3v) is 7.55. The molecule has 0 spiro atoms. The Hall–Kier alpha value is 0.0900. The first kappa shape index (κ1) is 15.5. The van der Waals surface area contributed by atoms with Crippen molar-refractivity contribution in [3.63, 3.8) is 0 Å². The van der Waals surface area contributed by atoms with Gasteiger partial charge in [-0.3, -0.25) is 0 Å². The van der Waals surface area contributed by atoms with E-state index in [9.17, 15) is 8.42 Å². The molecule has 6 heteroatoms. The summed E-state index contributed by atoms with van der Waals surface area (Å²) in [5.74, 6) is 0.676. The molecule has 0 bridgehead atoms. The molecule has 0 aromatic carbocycles. The van der Waals surface area contributed by atoms with E-state index in [2.05, 4.69) is 22.9 Å². The lowest BCUT2D eigenvalue weighted by molar-refractivity contribution is 0.407. The van der Waals surface area contributed by atoms with Crippen LogP contribution in [0.2, 0.25) is 0 Å². The predicted molar refractivity (Wildman–Crippen MR) is 83.1 cm³/mol. The maximum absolute atomic E-state index is 12.7. The molecule has 1 aromatic rings. The lowest BCUT2D eigenvalue weighted by Gasteiger charge is -2.20. The van der Waals surface area contributed by atoms with Crippen molar-refractivity contribution < 1.29 is 8.42 Å². The summed E-state index contributed by atoms with van der Waals surface area (Å²) in [6, 6.07) is 1.73. The largest absolute Gasteiger partial charge is 0.244 e. The molecular weight excluding hydrogens is 346 g/mol. The molecule has 0 saturated carbocycles. The topological polar surface area (TPSA) is 37.4 Å². The molecule has 0 amide bonds. The van der Waals surface area contributed by atoms with Gasteiger partial charge in [-0.25, -0.2) is 8.42 Å². The zero-order chi connectivity index (χ0) is 14.0. The Morgan fingerprint density at radius 3 is 2.74 bits per heavy atom. The molecule has 1 fully saturated rings. The number of hydrogen-bond donors (Lipinski definition) is 0. The molecule has 1 aromatic heterocycles. The Balaban J connectivity index is 2.22. The maximum Gasteiger partial charge on any atom is 0.244 e. The Morgan fingerprint density at radius 1 is 1.42 bits per heavy atom. The van der Waals surface area contributed by atoms with Crippen LogP contribution in [0.3, 0.4) is 0 Å². The predicted octanol–water partition coefficient (Wildman–Crippen LogP) is 4.02. The van der Waals surface area contributed by atoms with E-state index >= 15 is 0 Å². The summed E-state index contributed by atoms with van der Waals surface area (Å²) >= 11 is 4.85. The number of hydrogen-bond acceptors (Lipinski definition) is 3. The number of halogens is 1. The van der Waals surface area contributed by atoms with E-state index in [-0.39, 0.29) is 0 Å². The van der Waals surface area contributed by atoms with Gasteiger partial charge in [0.25, 0.3) is 0 Å². The van der Waals surface area contributed by atoms with Gasteiger partial charge < -0.3 is 0 Å². The quantitative estimate of drug-likeness (QED) is 0.810. The van der Waals surface area contributed by atoms with Gasteiger partial charge in [0, 0.05) is 18.0 Å². The zero-order valence-corrected chi connectivity index (χ0v) is 14.6. The summed E-state index contributed by atoms with van der Waals surface area (Å²) in [7, 11) is -3.31. The summed E-state index contributed by atoms with van der Waals surface area (Å²) < 4.78 is 27.9. The SMILES string of the molecule is CCC1CCCN(S(=O)(=O)c2cc(Br)sc2C)CC1. The molecule has 2 rings (SSSR count). The first-order valence-electron chi connectivity index (χ1n) is 6.71. The summed E-state index contributed by atoms with van der Waals surface area (Å²) in [5.41, 5.74) is 0. The summed E-state index contributed by atoms with van der Waals surface area (Å²) in [6.45, 7) is 5.38. The smallest absolute Gasteiger partial charge is 0.207 e. The molecule has 1 saturated heterocycles. The molecule has 1 unspecified atom stereocenters. The van der Waals surface area contributed by atoms with Crippen molar-refractivity contribution in [2.75, 3.05) is 13.1 Å². The van der Waals surface area contributed by atoms with Gasteiger partial charge in [0.05, 0.1) is 8.68 Å². The fraction of sp³-hybridized carbons (Fsp3) is 0.692. The van der Waals surface area contributed by atoms with E-state index in [0.29, 0.717) is 23.9 Å². The van der Waals surface area contributed by atoms with E-state index in [4.69, 9.17) is 0 Å². The zero-order valence-electron chi connectivity index (χ0n) is 11.4. The molecule has 2 heterocycles. The highest BCUT2D eigenvalue weighted by molar-refractivity contribution is 9.11. The van der Waals surface area contributed by atoms with Crippen molar-refractivity contribution in [3.8, 4) is 0 Å². The molecule has 0 radical (unpaired) electrons. The van der Waals surface area contributed by atoms with Crippen LogP contribution in [0.15, 0.2) is 14.7 Å². The summed E-state index contributed by atoms with van der Waals surface area (Å²) in [6.07, 6.45) is 4.26. The van der Waals surface area contributed by atoms with Crippen LogP contribution in [0.5, 0.6) is 0 Å². The Bertz CT molecular complexity index is 539. The van der Waals surface area contributed by atoms with Crippen molar-refractivity contribution >= 4 is 37.3 Å². The minimum Gasteiger partial charge on any atom is -0.207 e. The van der Waals surface area contributed by atoms with Gasteiger partial charge in [0.15, 0.2) is 0 Å². The third kappa shape index (κ3) is 3.40. The number of thiophene rings is 1. The first-order chi connectivity index (χ1) is 8.95. The highest BCUT2D eigenvalue weighted by Crippen LogP contribution is 2.33. The van der Waals surface area contributed by atoms with Gasteiger partial charge in [-0.2, -0.15) is 4.31 Å². The van der Waals surface area contributed by atoms with Crippen LogP contribution in [0.25, 0.3) is 0 Å². The van der Waals surface area contributed by atoms with Gasteiger partial charge in [0.2, 0.25) is 10.0 Å². The average Bonchev–Trinajstić information content (AvgIpc) is 2.59. The highest BCUT2D eigenvalue weighted by Gasteiger charge is 2.29. The van der Waals surface area contributed by atoms with Crippen LogP contribution in [0, 0.1) is 12.8 Å². The highest BCUT2D eigenvalue weighted by atomic mass is 79.9. The molecular formula is C13H20BrNO2S2. The molecule has 1 atom stereocenters. The second kappa shape index (κ2) is 6.24. The van der Waals surface area contributed by atoms with Crippen LogP contribution in [-0.4, -0.2) is 25.8 Å². The molecule has 1 aliphatic heterocycles. The van der Waals surface area contributed by atoms with E-state index in [1.54, 1.807) is 10.4 Å². The van der Waals surface area contributed by atoms with Gasteiger partial charge >= 0.3 is 0 Å². The van der Waals surface area contributed by atoms with Gasteiger partial charge in [0.1, 0.15) is 0 Å². The standard InChI is InChI=1S/C13H20BrNO2S2/c1-3-11-5-4-7-15(8-6-11)19(16,17)12-9-13(14)18-10(12)2/h9,11H,3-8H2,1-2H3. The third-order valence-electron chi connectivity index (χ3n) is 3.84. The molecule has 1 aliphatic rings. The number of sulfonamides is 1.